The summed E-state index contributed by atoms with van der Waals surface area (Å²) in [4.78, 5) is 25.6. The molecule has 4 heteroatoms. The van der Waals surface area contributed by atoms with Gasteiger partial charge in [0.2, 0.25) is 11.8 Å². The van der Waals surface area contributed by atoms with Gasteiger partial charge < -0.3 is 10.6 Å². The van der Waals surface area contributed by atoms with Crippen LogP contribution in [0.4, 0.5) is 11.4 Å². The van der Waals surface area contributed by atoms with E-state index in [9.17, 15) is 9.59 Å². The van der Waals surface area contributed by atoms with Crippen LogP contribution in [0.1, 0.15) is 153 Å². The Morgan fingerprint density at radius 1 is 0.513 bits per heavy atom. The minimum absolute atomic E-state index is 0.0832. The first kappa shape index (κ1) is 32.6. The van der Waals surface area contributed by atoms with Crippen LogP contribution in [0.25, 0.3) is 0 Å². The number of nitrogens with one attached hydrogen (secondary N) is 2. The Bertz CT molecular complexity index is 992. The quantitative estimate of drug-likeness (QED) is 0.285. The van der Waals surface area contributed by atoms with Crippen LogP contribution in [0.2, 0.25) is 0 Å². The van der Waals surface area contributed by atoms with Crippen LogP contribution in [0.15, 0.2) is 24.3 Å². The predicted molar refractivity (Wildman–Crippen MR) is 168 cm³/mol. The number of rotatable bonds is 12. The lowest BCUT2D eigenvalue weighted by Gasteiger charge is -2.24. The van der Waals surface area contributed by atoms with Crippen LogP contribution in [0.3, 0.4) is 0 Å². The highest BCUT2D eigenvalue weighted by Crippen LogP contribution is 2.37. The fourth-order valence-electron chi connectivity index (χ4n) is 5.18. The molecule has 0 aromatic heterocycles. The molecule has 216 valence electrons. The van der Waals surface area contributed by atoms with Gasteiger partial charge in [0, 0.05) is 24.2 Å². The number of hydrogen-bond acceptors (Lipinski definition) is 2. The summed E-state index contributed by atoms with van der Waals surface area (Å²) in [7, 11) is 0. The van der Waals surface area contributed by atoms with Gasteiger partial charge in [-0.3, -0.25) is 9.59 Å². The highest BCUT2D eigenvalue weighted by Gasteiger charge is 2.21. The molecule has 0 radical (unpaired) electrons. The van der Waals surface area contributed by atoms with Gasteiger partial charge in [0.25, 0.3) is 0 Å². The smallest absolute Gasteiger partial charge is 0.224 e. The van der Waals surface area contributed by atoms with E-state index in [0.29, 0.717) is 24.7 Å². The lowest BCUT2D eigenvalue weighted by molar-refractivity contribution is -0.117. The Kier molecular flexibility index (Phi) is 11.8. The highest BCUT2D eigenvalue weighted by atomic mass is 16.2. The van der Waals surface area contributed by atoms with Gasteiger partial charge in [0.05, 0.1) is 0 Å². The van der Waals surface area contributed by atoms with Crippen molar-refractivity contribution >= 4 is 23.2 Å². The van der Waals surface area contributed by atoms with E-state index in [4.69, 9.17) is 0 Å². The summed E-state index contributed by atoms with van der Waals surface area (Å²) in [6.45, 7) is 25.9. The Balaban J connectivity index is 2.60. The van der Waals surface area contributed by atoms with Crippen molar-refractivity contribution < 1.29 is 9.59 Å². The fraction of sp³-hybridized carbons (Fsp3) is 0.600. The molecule has 0 aliphatic rings. The maximum absolute atomic E-state index is 12.8. The molecular formula is C35H54N2O2. The van der Waals surface area contributed by atoms with Crippen molar-refractivity contribution in [1.29, 1.82) is 0 Å². The maximum Gasteiger partial charge on any atom is 0.224 e. The molecule has 0 aliphatic carbocycles. The second-order valence-corrected chi connectivity index (χ2v) is 13.4. The van der Waals surface area contributed by atoms with Gasteiger partial charge in [-0.25, -0.2) is 0 Å². The standard InChI is InChI=1S/C35H54N2O2/c1-20(2)13-32(38)36-34-28(22(5)6)16-26(17-29(34)23(7)8)15-27-18-30(24(9)10)35(31(19-27)25(11)12)37-33(39)14-21(3)4/h16-25H,13-15H2,1-12H3,(H,36,38)(H,37,39). The molecule has 2 amide bonds. The summed E-state index contributed by atoms with van der Waals surface area (Å²) in [6, 6.07) is 9.13. The lowest BCUT2D eigenvalue weighted by atomic mass is 9.86. The van der Waals surface area contributed by atoms with Gasteiger partial charge in [-0.2, -0.15) is 0 Å². The van der Waals surface area contributed by atoms with Crippen molar-refractivity contribution in [2.24, 2.45) is 11.8 Å². The summed E-state index contributed by atoms with van der Waals surface area (Å²) in [6.07, 6.45) is 1.85. The Morgan fingerprint density at radius 2 is 0.769 bits per heavy atom. The summed E-state index contributed by atoms with van der Waals surface area (Å²) in [5.41, 5.74) is 9.26. The zero-order valence-corrected chi connectivity index (χ0v) is 26.7. The zero-order valence-electron chi connectivity index (χ0n) is 26.7. The van der Waals surface area contributed by atoms with E-state index in [1.807, 2.05) is 0 Å². The first-order valence-corrected chi connectivity index (χ1v) is 15.0. The van der Waals surface area contributed by atoms with Crippen LogP contribution >= 0.6 is 0 Å². The normalized spacial score (nSPS) is 11.9. The third-order valence-electron chi connectivity index (χ3n) is 7.13. The molecule has 0 spiro atoms. The van der Waals surface area contributed by atoms with Crippen LogP contribution < -0.4 is 10.6 Å². The average molecular weight is 535 g/mol. The zero-order chi connectivity index (χ0) is 29.6. The third-order valence-corrected chi connectivity index (χ3v) is 7.13. The SMILES string of the molecule is CC(C)CC(=O)Nc1c(C(C)C)cc(Cc2cc(C(C)C)c(NC(=O)CC(C)C)c(C(C)C)c2)cc1C(C)C. The van der Waals surface area contributed by atoms with Gasteiger partial charge >= 0.3 is 0 Å². The largest absolute Gasteiger partial charge is 0.326 e. The van der Waals surface area contributed by atoms with Crippen LogP contribution in [0.5, 0.6) is 0 Å². The van der Waals surface area contributed by atoms with Crippen molar-refractivity contribution in [3.63, 3.8) is 0 Å². The van der Waals surface area contributed by atoms with Crippen LogP contribution in [0, 0.1) is 11.8 Å². The second kappa shape index (κ2) is 14.1. The molecule has 4 nitrogen and oxygen atoms in total. The van der Waals surface area contributed by atoms with Gasteiger partial charge in [0.15, 0.2) is 0 Å². The van der Waals surface area contributed by atoms with Crippen LogP contribution in [-0.2, 0) is 16.0 Å². The molecular weight excluding hydrogens is 480 g/mol. The van der Waals surface area contributed by atoms with Crippen molar-refractivity contribution in [3.05, 3.63) is 57.6 Å². The van der Waals surface area contributed by atoms with Crippen molar-refractivity contribution in [3.8, 4) is 0 Å². The van der Waals surface area contributed by atoms with E-state index in [2.05, 4.69) is 118 Å². The number of anilines is 2. The summed E-state index contributed by atoms with van der Waals surface area (Å²) >= 11 is 0. The number of benzene rings is 2. The van der Waals surface area contributed by atoms with Gasteiger partial charge in [0.1, 0.15) is 0 Å². The number of carbonyl (C=O) groups excluding carboxylic acids is 2. The summed E-state index contributed by atoms with van der Waals surface area (Å²) in [5, 5.41) is 6.54. The molecule has 0 unspecified atom stereocenters. The Morgan fingerprint density at radius 3 is 0.974 bits per heavy atom. The van der Waals surface area contributed by atoms with E-state index in [1.165, 1.54) is 33.4 Å². The molecule has 2 aromatic carbocycles. The van der Waals surface area contributed by atoms with E-state index in [1.54, 1.807) is 0 Å². The average Bonchev–Trinajstić information content (AvgIpc) is 2.78. The molecule has 0 fully saturated rings. The van der Waals surface area contributed by atoms with Gasteiger partial charge in [-0.05, 0) is 75.3 Å². The molecule has 0 heterocycles. The summed E-state index contributed by atoms with van der Waals surface area (Å²) < 4.78 is 0. The lowest BCUT2D eigenvalue weighted by Crippen LogP contribution is -2.18. The monoisotopic (exact) mass is 534 g/mol. The molecule has 0 bridgehead atoms. The maximum atomic E-state index is 12.8. The minimum Gasteiger partial charge on any atom is -0.326 e. The molecule has 0 atom stereocenters. The van der Waals surface area contributed by atoms with Gasteiger partial charge in [-0.1, -0.05) is 107 Å². The molecule has 2 aromatic rings. The molecule has 0 aliphatic heterocycles. The highest BCUT2D eigenvalue weighted by molar-refractivity contribution is 5.93. The first-order chi connectivity index (χ1) is 18.1. The molecule has 0 saturated carbocycles. The number of hydrogen-bond donors (Lipinski definition) is 2. The van der Waals surface area contributed by atoms with Gasteiger partial charge in [-0.15, -0.1) is 0 Å². The minimum atomic E-state index is 0.0832. The van der Waals surface area contributed by atoms with E-state index < -0.39 is 0 Å². The second-order valence-electron chi connectivity index (χ2n) is 13.4. The molecule has 39 heavy (non-hydrogen) atoms. The first-order valence-electron chi connectivity index (χ1n) is 15.0. The van der Waals surface area contributed by atoms with Crippen molar-refractivity contribution in [2.45, 2.75) is 126 Å². The Hall–Kier alpha value is -2.62. The van der Waals surface area contributed by atoms with E-state index >= 15 is 0 Å². The third kappa shape index (κ3) is 9.22. The number of carbonyl (C=O) groups is 2. The number of amides is 2. The molecule has 0 saturated heterocycles. The van der Waals surface area contributed by atoms with Crippen LogP contribution in [-0.4, -0.2) is 11.8 Å². The van der Waals surface area contributed by atoms with E-state index in [-0.39, 0.29) is 35.5 Å². The van der Waals surface area contributed by atoms with Crippen molar-refractivity contribution in [2.75, 3.05) is 10.6 Å². The van der Waals surface area contributed by atoms with E-state index in [0.717, 1.165) is 17.8 Å². The summed E-state index contributed by atoms with van der Waals surface area (Å²) in [5.74, 6) is 1.94. The van der Waals surface area contributed by atoms with Crippen molar-refractivity contribution in [1.82, 2.24) is 0 Å². The molecule has 2 rings (SSSR count). The fourth-order valence-corrected chi connectivity index (χ4v) is 5.18. The topological polar surface area (TPSA) is 58.2 Å². The molecule has 2 N–H and O–H groups in total. The predicted octanol–water partition coefficient (Wildman–Crippen LogP) is 9.74. The Labute approximate surface area is 238 Å².